The zero-order valence-corrected chi connectivity index (χ0v) is 11.2. The maximum atomic E-state index is 5.93. The maximum absolute atomic E-state index is 5.93. The molecule has 1 heterocycles. The molecule has 0 amide bonds. The van der Waals surface area contributed by atoms with E-state index >= 15 is 0 Å². The fraction of sp³-hybridized carbons (Fsp3) is 0.571. The van der Waals surface area contributed by atoms with Crippen molar-refractivity contribution >= 4 is 0 Å². The van der Waals surface area contributed by atoms with Crippen molar-refractivity contribution in [2.45, 2.75) is 18.5 Å². The van der Waals surface area contributed by atoms with Crippen molar-refractivity contribution in [2.24, 2.45) is 5.73 Å². The highest BCUT2D eigenvalue weighted by Gasteiger charge is 2.37. The van der Waals surface area contributed by atoms with Crippen molar-refractivity contribution in [2.75, 3.05) is 33.9 Å². The van der Waals surface area contributed by atoms with Gasteiger partial charge in [0, 0.05) is 19.7 Å². The normalized spacial score (nSPS) is 23.6. The van der Waals surface area contributed by atoms with Gasteiger partial charge in [-0.1, -0.05) is 12.1 Å². The van der Waals surface area contributed by atoms with Gasteiger partial charge in [0.05, 0.1) is 19.3 Å². The van der Waals surface area contributed by atoms with Crippen LogP contribution in [0.4, 0.5) is 0 Å². The number of hydrogen-bond donors (Lipinski definition) is 1. The smallest absolute Gasteiger partial charge is 0.119 e. The molecule has 2 rings (SSSR count). The van der Waals surface area contributed by atoms with Crippen molar-refractivity contribution < 1.29 is 9.47 Å². The Balaban J connectivity index is 2.07. The van der Waals surface area contributed by atoms with Crippen molar-refractivity contribution in [3.63, 3.8) is 0 Å². The lowest BCUT2D eigenvalue weighted by Crippen LogP contribution is -2.52. The molecule has 1 aliphatic rings. The summed E-state index contributed by atoms with van der Waals surface area (Å²) in [5.41, 5.74) is 7.16. The molecule has 0 aromatic heterocycles. The first-order valence-electron chi connectivity index (χ1n) is 6.32. The van der Waals surface area contributed by atoms with Gasteiger partial charge in [-0.25, -0.2) is 0 Å². The summed E-state index contributed by atoms with van der Waals surface area (Å²) in [7, 11) is 3.80. The first-order chi connectivity index (χ1) is 8.70. The molecule has 2 N–H and O–H groups in total. The number of nitrogens with two attached hydrogens (primary N) is 1. The van der Waals surface area contributed by atoms with Crippen LogP contribution in [0, 0.1) is 0 Å². The zero-order chi connectivity index (χ0) is 13.0. The Labute approximate surface area is 109 Å². The minimum atomic E-state index is -0.0108. The summed E-state index contributed by atoms with van der Waals surface area (Å²) < 4.78 is 10.8. The Morgan fingerprint density at radius 2 is 2.33 bits per heavy atom. The second-order valence-corrected chi connectivity index (χ2v) is 4.94. The molecule has 1 aromatic rings. The molecule has 1 fully saturated rings. The Kier molecular flexibility index (Phi) is 4.22. The Hall–Kier alpha value is -1.10. The quantitative estimate of drug-likeness (QED) is 0.854. The lowest BCUT2D eigenvalue weighted by molar-refractivity contribution is 0.0882. The SMILES string of the molecule is COc1cccc(CN(C)C2(CN)CCOC2)c1. The standard InChI is InChI=1S/C14H22N2O2/c1-16(14(10-15)6-7-18-11-14)9-12-4-3-5-13(8-12)17-2/h3-5,8H,6-7,9-11,15H2,1-2H3. The number of ether oxygens (including phenoxy) is 2. The summed E-state index contributed by atoms with van der Waals surface area (Å²) in [4.78, 5) is 2.30. The largest absolute Gasteiger partial charge is 0.497 e. The van der Waals surface area contributed by atoms with Crippen LogP contribution < -0.4 is 10.5 Å². The van der Waals surface area contributed by atoms with Gasteiger partial charge in [0.15, 0.2) is 0 Å². The van der Waals surface area contributed by atoms with Crippen molar-refractivity contribution in [1.82, 2.24) is 4.90 Å². The van der Waals surface area contributed by atoms with Gasteiger partial charge in [0.2, 0.25) is 0 Å². The van der Waals surface area contributed by atoms with E-state index in [0.29, 0.717) is 6.54 Å². The minimum absolute atomic E-state index is 0.0108. The highest BCUT2D eigenvalue weighted by atomic mass is 16.5. The van der Waals surface area contributed by atoms with Gasteiger partial charge in [0.1, 0.15) is 5.75 Å². The lowest BCUT2D eigenvalue weighted by atomic mass is 9.96. The molecule has 0 aliphatic carbocycles. The highest BCUT2D eigenvalue weighted by Crippen LogP contribution is 2.26. The van der Waals surface area contributed by atoms with Gasteiger partial charge in [-0.15, -0.1) is 0 Å². The molecule has 4 heteroatoms. The number of benzene rings is 1. The molecule has 1 aliphatic heterocycles. The monoisotopic (exact) mass is 250 g/mol. The average molecular weight is 250 g/mol. The van der Waals surface area contributed by atoms with Crippen LogP contribution in [0.15, 0.2) is 24.3 Å². The van der Waals surface area contributed by atoms with Gasteiger partial charge in [-0.2, -0.15) is 0 Å². The molecule has 1 saturated heterocycles. The van der Waals surface area contributed by atoms with E-state index in [9.17, 15) is 0 Å². The first kappa shape index (κ1) is 13.3. The predicted octanol–water partition coefficient (Wildman–Crippen LogP) is 1.24. The van der Waals surface area contributed by atoms with Gasteiger partial charge in [-0.05, 0) is 31.2 Å². The van der Waals surface area contributed by atoms with Gasteiger partial charge in [-0.3, -0.25) is 4.90 Å². The average Bonchev–Trinajstić information content (AvgIpc) is 2.89. The van der Waals surface area contributed by atoms with E-state index in [4.69, 9.17) is 15.2 Å². The van der Waals surface area contributed by atoms with Crippen LogP contribution in [0.3, 0.4) is 0 Å². The molecule has 18 heavy (non-hydrogen) atoms. The van der Waals surface area contributed by atoms with Crippen LogP contribution in [0.2, 0.25) is 0 Å². The van der Waals surface area contributed by atoms with E-state index in [1.165, 1.54) is 5.56 Å². The number of nitrogens with zero attached hydrogens (tertiary/aromatic N) is 1. The van der Waals surface area contributed by atoms with Gasteiger partial charge >= 0.3 is 0 Å². The third-order valence-corrected chi connectivity index (χ3v) is 3.83. The van der Waals surface area contributed by atoms with Crippen molar-refractivity contribution in [1.29, 1.82) is 0 Å². The van der Waals surface area contributed by atoms with Crippen LogP contribution in [0.5, 0.6) is 5.75 Å². The molecule has 1 unspecified atom stereocenters. The Bertz CT molecular complexity index is 389. The lowest BCUT2D eigenvalue weighted by Gasteiger charge is -2.36. The minimum Gasteiger partial charge on any atom is -0.497 e. The van der Waals surface area contributed by atoms with Crippen LogP contribution in [-0.4, -0.2) is 44.4 Å². The maximum Gasteiger partial charge on any atom is 0.119 e. The summed E-state index contributed by atoms with van der Waals surface area (Å²) >= 11 is 0. The summed E-state index contributed by atoms with van der Waals surface area (Å²) in [5.74, 6) is 0.894. The van der Waals surface area contributed by atoms with E-state index < -0.39 is 0 Å². The second kappa shape index (κ2) is 5.69. The van der Waals surface area contributed by atoms with Crippen LogP contribution in [-0.2, 0) is 11.3 Å². The fourth-order valence-electron chi connectivity index (χ4n) is 2.43. The summed E-state index contributed by atoms with van der Waals surface area (Å²) in [5, 5.41) is 0. The zero-order valence-electron chi connectivity index (χ0n) is 11.2. The Morgan fingerprint density at radius 3 is 2.94 bits per heavy atom. The Morgan fingerprint density at radius 1 is 1.50 bits per heavy atom. The third kappa shape index (κ3) is 2.66. The van der Waals surface area contributed by atoms with Crippen molar-refractivity contribution in [3.8, 4) is 5.75 Å². The number of hydrogen-bond acceptors (Lipinski definition) is 4. The van der Waals surface area contributed by atoms with E-state index in [1.54, 1.807) is 7.11 Å². The molecule has 1 atom stereocenters. The van der Waals surface area contributed by atoms with Crippen molar-refractivity contribution in [3.05, 3.63) is 29.8 Å². The van der Waals surface area contributed by atoms with E-state index in [2.05, 4.69) is 24.1 Å². The molecular weight excluding hydrogens is 228 g/mol. The topological polar surface area (TPSA) is 47.7 Å². The van der Waals surface area contributed by atoms with Gasteiger partial charge < -0.3 is 15.2 Å². The van der Waals surface area contributed by atoms with E-state index in [0.717, 1.165) is 31.9 Å². The molecule has 0 saturated carbocycles. The summed E-state index contributed by atoms with van der Waals surface area (Å²) in [6, 6.07) is 8.15. The molecular formula is C14H22N2O2. The molecule has 1 aromatic carbocycles. The predicted molar refractivity (Wildman–Crippen MR) is 71.7 cm³/mol. The molecule has 4 nitrogen and oxygen atoms in total. The molecule has 0 radical (unpaired) electrons. The molecule has 100 valence electrons. The molecule has 0 spiro atoms. The fourth-order valence-corrected chi connectivity index (χ4v) is 2.43. The number of methoxy groups -OCH3 is 1. The van der Waals surface area contributed by atoms with Gasteiger partial charge in [0.25, 0.3) is 0 Å². The van der Waals surface area contributed by atoms with Crippen LogP contribution >= 0.6 is 0 Å². The summed E-state index contributed by atoms with van der Waals surface area (Å²) in [6.45, 7) is 3.02. The molecule has 0 bridgehead atoms. The number of rotatable bonds is 5. The second-order valence-electron chi connectivity index (χ2n) is 4.94. The van der Waals surface area contributed by atoms with E-state index in [-0.39, 0.29) is 5.54 Å². The number of likely N-dealkylation sites (N-methyl/N-ethyl adjacent to an activating group) is 1. The third-order valence-electron chi connectivity index (χ3n) is 3.83. The highest BCUT2D eigenvalue weighted by molar-refractivity contribution is 5.28. The van der Waals surface area contributed by atoms with Crippen LogP contribution in [0.1, 0.15) is 12.0 Å². The van der Waals surface area contributed by atoms with E-state index in [1.807, 2.05) is 12.1 Å². The van der Waals surface area contributed by atoms with Crippen LogP contribution in [0.25, 0.3) is 0 Å². The first-order valence-corrected chi connectivity index (χ1v) is 6.32. The summed E-state index contributed by atoms with van der Waals surface area (Å²) in [6.07, 6.45) is 1.00.